The summed E-state index contributed by atoms with van der Waals surface area (Å²) in [7, 11) is 0. The molecule has 2 heterocycles. The zero-order chi connectivity index (χ0) is 16.9. The first-order valence-electron chi connectivity index (χ1n) is 8.52. The summed E-state index contributed by atoms with van der Waals surface area (Å²) in [6.07, 6.45) is 7.11. The molecule has 1 aromatic carbocycles. The smallest absolute Gasteiger partial charge is 0.255 e. The summed E-state index contributed by atoms with van der Waals surface area (Å²) in [6.45, 7) is 3.61. The predicted octanol–water partition coefficient (Wildman–Crippen LogP) is 4.46. The molecule has 1 aliphatic rings. The Bertz CT molecular complexity index is 712. The molecule has 0 aliphatic carbocycles. The zero-order valence-electron chi connectivity index (χ0n) is 14.1. The van der Waals surface area contributed by atoms with E-state index in [1.165, 1.54) is 16.9 Å². The largest absolute Gasteiger partial charge is 0.390 e. The first-order valence-corrected chi connectivity index (χ1v) is 9.40. The average Bonchev–Trinajstić information content (AvgIpc) is 2.97. The van der Waals surface area contributed by atoms with Crippen molar-refractivity contribution in [1.82, 2.24) is 4.90 Å². The van der Waals surface area contributed by atoms with Crippen LogP contribution in [0.1, 0.15) is 41.3 Å². The molecule has 1 amide bonds. The van der Waals surface area contributed by atoms with Crippen LogP contribution in [0.5, 0.6) is 0 Å². The minimum Gasteiger partial charge on any atom is -0.390 e. The number of anilines is 1. The number of benzene rings is 1. The van der Waals surface area contributed by atoms with Gasteiger partial charge in [-0.05, 0) is 37.7 Å². The van der Waals surface area contributed by atoms with E-state index in [1.54, 1.807) is 0 Å². The van der Waals surface area contributed by atoms with Crippen molar-refractivity contribution < 1.29 is 4.79 Å². The van der Waals surface area contributed by atoms with E-state index in [2.05, 4.69) is 30.3 Å². The summed E-state index contributed by atoms with van der Waals surface area (Å²) < 4.78 is 0. The van der Waals surface area contributed by atoms with Gasteiger partial charge in [0.2, 0.25) is 0 Å². The molecule has 4 heteroatoms. The van der Waals surface area contributed by atoms with Crippen molar-refractivity contribution in [3.63, 3.8) is 0 Å². The summed E-state index contributed by atoms with van der Waals surface area (Å²) in [5.41, 5.74) is 9.01. The van der Waals surface area contributed by atoms with Crippen LogP contribution in [0, 0.1) is 5.92 Å². The highest BCUT2D eigenvalue weighted by molar-refractivity contribution is 7.14. The quantitative estimate of drug-likeness (QED) is 0.893. The van der Waals surface area contributed by atoms with Gasteiger partial charge in [0.05, 0.1) is 10.6 Å². The Morgan fingerprint density at radius 2 is 2.00 bits per heavy atom. The summed E-state index contributed by atoms with van der Waals surface area (Å²) in [6, 6.07) is 10.6. The number of amides is 1. The molecule has 3 rings (SSSR count). The van der Waals surface area contributed by atoms with Crippen LogP contribution in [0.3, 0.4) is 0 Å². The van der Waals surface area contributed by atoms with Crippen molar-refractivity contribution in [2.24, 2.45) is 5.92 Å². The number of nitrogen functional groups attached to an aromatic ring is 1. The van der Waals surface area contributed by atoms with Crippen molar-refractivity contribution in [1.29, 1.82) is 0 Å². The van der Waals surface area contributed by atoms with Crippen LogP contribution in [0.15, 0.2) is 41.8 Å². The standard InChI is InChI=1S/C20H24N2OS/c1-2-6-17-18(14-24-19(17)21)20(23)22-11-9-16(10-12-22)13-15-7-4-3-5-8-15/h2-8,14,16H,9-13,21H2,1H3/b6-2-. The molecule has 0 unspecified atom stereocenters. The molecule has 2 aromatic rings. The molecule has 3 nitrogen and oxygen atoms in total. The molecule has 0 saturated carbocycles. The number of rotatable bonds is 4. The van der Waals surface area contributed by atoms with Gasteiger partial charge in [0, 0.05) is 24.0 Å². The second-order valence-corrected chi connectivity index (χ2v) is 7.26. The van der Waals surface area contributed by atoms with Gasteiger partial charge in [-0.15, -0.1) is 11.3 Å². The number of hydrogen-bond donors (Lipinski definition) is 1. The van der Waals surface area contributed by atoms with E-state index in [-0.39, 0.29) is 5.91 Å². The molecule has 24 heavy (non-hydrogen) atoms. The summed E-state index contributed by atoms with van der Waals surface area (Å²) >= 11 is 1.44. The maximum absolute atomic E-state index is 12.8. The number of thiophene rings is 1. The Morgan fingerprint density at radius 3 is 2.67 bits per heavy atom. The Balaban J connectivity index is 1.61. The lowest BCUT2D eigenvalue weighted by molar-refractivity contribution is 0.0691. The van der Waals surface area contributed by atoms with Gasteiger partial charge in [-0.25, -0.2) is 0 Å². The second-order valence-electron chi connectivity index (χ2n) is 6.35. The molecular weight excluding hydrogens is 316 g/mol. The van der Waals surface area contributed by atoms with Crippen LogP contribution < -0.4 is 5.73 Å². The van der Waals surface area contributed by atoms with Crippen LogP contribution in [-0.4, -0.2) is 23.9 Å². The fraction of sp³-hybridized carbons (Fsp3) is 0.350. The van der Waals surface area contributed by atoms with E-state index in [0.29, 0.717) is 5.92 Å². The first-order chi connectivity index (χ1) is 11.7. The maximum Gasteiger partial charge on any atom is 0.255 e. The van der Waals surface area contributed by atoms with Gasteiger partial charge < -0.3 is 10.6 Å². The third kappa shape index (κ3) is 3.70. The monoisotopic (exact) mass is 340 g/mol. The third-order valence-electron chi connectivity index (χ3n) is 4.69. The van der Waals surface area contributed by atoms with Gasteiger partial charge >= 0.3 is 0 Å². The predicted molar refractivity (Wildman–Crippen MR) is 102 cm³/mol. The minimum atomic E-state index is 0.120. The third-order valence-corrected chi connectivity index (χ3v) is 5.52. The molecular formula is C20H24N2OS. The van der Waals surface area contributed by atoms with Crippen LogP contribution in [0.25, 0.3) is 6.08 Å². The van der Waals surface area contributed by atoms with Crippen molar-refractivity contribution >= 4 is 28.3 Å². The van der Waals surface area contributed by atoms with Gasteiger partial charge in [-0.3, -0.25) is 4.79 Å². The number of hydrogen-bond acceptors (Lipinski definition) is 3. The van der Waals surface area contributed by atoms with Gasteiger partial charge in [0.1, 0.15) is 0 Å². The lowest BCUT2D eigenvalue weighted by atomic mass is 9.90. The van der Waals surface area contributed by atoms with E-state index in [1.807, 2.05) is 29.4 Å². The highest BCUT2D eigenvalue weighted by atomic mass is 32.1. The van der Waals surface area contributed by atoms with E-state index in [0.717, 1.165) is 48.5 Å². The van der Waals surface area contributed by atoms with Crippen LogP contribution >= 0.6 is 11.3 Å². The number of nitrogens with two attached hydrogens (primary N) is 1. The average molecular weight is 340 g/mol. The molecule has 1 fully saturated rings. The van der Waals surface area contributed by atoms with Crippen molar-refractivity contribution in [2.75, 3.05) is 18.8 Å². The molecule has 1 saturated heterocycles. The number of carbonyl (C=O) groups is 1. The SMILES string of the molecule is C/C=C\c1c(C(=O)N2CCC(Cc3ccccc3)CC2)csc1N. The van der Waals surface area contributed by atoms with Gasteiger partial charge in [-0.2, -0.15) is 0 Å². The first kappa shape index (κ1) is 16.8. The van der Waals surface area contributed by atoms with Crippen molar-refractivity contribution in [2.45, 2.75) is 26.2 Å². The lowest BCUT2D eigenvalue weighted by Gasteiger charge is -2.32. The second kappa shape index (κ2) is 7.67. The van der Waals surface area contributed by atoms with E-state index >= 15 is 0 Å². The van der Waals surface area contributed by atoms with Crippen LogP contribution in [0.2, 0.25) is 0 Å². The zero-order valence-corrected chi connectivity index (χ0v) is 14.9. The maximum atomic E-state index is 12.8. The van der Waals surface area contributed by atoms with E-state index in [4.69, 9.17) is 5.73 Å². The van der Waals surface area contributed by atoms with Crippen molar-refractivity contribution in [3.05, 3.63) is 58.5 Å². The molecule has 0 spiro atoms. The highest BCUT2D eigenvalue weighted by Crippen LogP contribution is 2.29. The molecule has 1 aromatic heterocycles. The van der Waals surface area contributed by atoms with Gasteiger partial charge in [-0.1, -0.05) is 42.5 Å². The van der Waals surface area contributed by atoms with E-state index < -0.39 is 0 Å². The molecule has 0 atom stereocenters. The molecule has 0 radical (unpaired) electrons. The number of carbonyl (C=O) groups excluding carboxylic acids is 1. The number of allylic oxidation sites excluding steroid dienone is 1. The summed E-state index contributed by atoms with van der Waals surface area (Å²) in [5, 5.41) is 2.61. The lowest BCUT2D eigenvalue weighted by Crippen LogP contribution is -2.39. The van der Waals surface area contributed by atoms with E-state index in [9.17, 15) is 4.79 Å². The topological polar surface area (TPSA) is 46.3 Å². The Morgan fingerprint density at radius 1 is 1.29 bits per heavy atom. The molecule has 2 N–H and O–H groups in total. The van der Waals surface area contributed by atoms with Crippen LogP contribution in [0.4, 0.5) is 5.00 Å². The Labute approximate surface area is 147 Å². The summed E-state index contributed by atoms with van der Waals surface area (Å²) in [4.78, 5) is 14.8. The van der Waals surface area contributed by atoms with Crippen molar-refractivity contribution in [3.8, 4) is 0 Å². The number of likely N-dealkylation sites (tertiary alicyclic amines) is 1. The Kier molecular flexibility index (Phi) is 5.36. The highest BCUT2D eigenvalue weighted by Gasteiger charge is 2.26. The minimum absolute atomic E-state index is 0.120. The van der Waals surface area contributed by atoms with Crippen LogP contribution in [-0.2, 0) is 6.42 Å². The van der Waals surface area contributed by atoms with Gasteiger partial charge in [0.25, 0.3) is 5.91 Å². The molecule has 0 bridgehead atoms. The fourth-order valence-electron chi connectivity index (χ4n) is 3.34. The molecule has 126 valence electrons. The number of nitrogens with zero attached hydrogens (tertiary/aromatic N) is 1. The molecule has 1 aliphatic heterocycles. The number of piperidine rings is 1. The van der Waals surface area contributed by atoms with Gasteiger partial charge in [0.15, 0.2) is 0 Å². The fourth-order valence-corrected chi connectivity index (χ4v) is 4.12. The normalized spacial score (nSPS) is 16.0. The Hall–Kier alpha value is -2.07. The summed E-state index contributed by atoms with van der Waals surface area (Å²) in [5.74, 6) is 0.785.